The highest BCUT2D eigenvalue weighted by Crippen LogP contribution is 2.18. The molecule has 112 valence electrons. The van der Waals surface area contributed by atoms with Gasteiger partial charge in [-0.25, -0.2) is 4.98 Å². The van der Waals surface area contributed by atoms with Crippen LogP contribution in [0.2, 0.25) is 0 Å². The third kappa shape index (κ3) is 4.49. The number of hydrogen-bond donors (Lipinski definition) is 1. The molecule has 0 aliphatic rings. The van der Waals surface area contributed by atoms with Crippen molar-refractivity contribution < 1.29 is 9.53 Å². The summed E-state index contributed by atoms with van der Waals surface area (Å²) < 4.78 is 5.68. The van der Waals surface area contributed by atoms with Crippen LogP contribution in [0.3, 0.4) is 0 Å². The third-order valence-electron chi connectivity index (χ3n) is 2.79. The lowest BCUT2D eigenvalue weighted by molar-refractivity contribution is -0.125. The van der Waals surface area contributed by atoms with Gasteiger partial charge in [0, 0.05) is 14.1 Å². The van der Waals surface area contributed by atoms with Crippen LogP contribution in [0.4, 0.5) is 0 Å². The van der Waals surface area contributed by atoms with Crippen LogP contribution in [0.15, 0.2) is 29.4 Å². The smallest absolute Gasteiger partial charge is 0.232 e. The number of ether oxygens (including phenoxy) is 1. The first kappa shape index (κ1) is 15.4. The Hall–Kier alpha value is -2.02. The molecule has 1 heterocycles. The maximum Gasteiger partial charge on any atom is 0.232 e. The summed E-state index contributed by atoms with van der Waals surface area (Å²) in [5.74, 6) is 1.81. The van der Waals surface area contributed by atoms with E-state index in [2.05, 4.69) is 15.2 Å². The van der Waals surface area contributed by atoms with Gasteiger partial charge in [0.15, 0.2) is 5.82 Å². The lowest BCUT2D eigenvalue weighted by Gasteiger charge is -2.07. The number of aromatic amines is 1. The van der Waals surface area contributed by atoms with Crippen molar-refractivity contribution in [2.75, 3.05) is 19.8 Å². The Morgan fingerprint density at radius 2 is 2.14 bits per heavy atom. The Morgan fingerprint density at radius 3 is 2.86 bits per heavy atom. The van der Waals surface area contributed by atoms with Crippen LogP contribution < -0.4 is 4.74 Å². The van der Waals surface area contributed by atoms with Crippen molar-refractivity contribution in [3.05, 3.63) is 35.7 Å². The van der Waals surface area contributed by atoms with Crippen molar-refractivity contribution >= 4 is 17.7 Å². The first-order chi connectivity index (χ1) is 10.1. The molecule has 6 nitrogen and oxygen atoms in total. The summed E-state index contributed by atoms with van der Waals surface area (Å²) in [4.78, 5) is 17.3. The molecule has 0 fully saturated rings. The minimum atomic E-state index is 0.0301. The topological polar surface area (TPSA) is 71.1 Å². The number of hydrogen-bond acceptors (Lipinski definition) is 5. The van der Waals surface area contributed by atoms with Crippen molar-refractivity contribution in [3.8, 4) is 5.75 Å². The maximum atomic E-state index is 11.5. The van der Waals surface area contributed by atoms with Gasteiger partial charge in [-0.15, -0.1) is 5.10 Å². The van der Waals surface area contributed by atoms with Gasteiger partial charge >= 0.3 is 0 Å². The number of carbonyl (C=O) groups excluding carboxylic acids is 1. The van der Waals surface area contributed by atoms with E-state index < -0.39 is 0 Å². The molecule has 0 aliphatic heterocycles. The second kappa shape index (κ2) is 7.12. The van der Waals surface area contributed by atoms with Crippen LogP contribution in [-0.2, 0) is 11.4 Å². The van der Waals surface area contributed by atoms with Crippen molar-refractivity contribution in [1.29, 1.82) is 0 Å². The average Bonchev–Trinajstić information content (AvgIpc) is 2.91. The average molecular weight is 306 g/mol. The molecule has 0 atom stereocenters. The molecule has 0 saturated heterocycles. The van der Waals surface area contributed by atoms with Gasteiger partial charge in [0.05, 0.1) is 5.75 Å². The normalized spacial score (nSPS) is 10.4. The minimum Gasteiger partial charge on any atom is -0.485 e. The zero-order valence-corrected chi connectivity index (χ0v) is 13.1. The second-order valence-electron chi connectivity index (χ2n) is 4.70. The quantitative estimate of drug-likeness (QED) is 0.825. The summed E-state index contributed by atoms with van der Waals surface area (Å²) in [5, 5.41) is 7.42. The van der Waals surface area contributed by atoms with Gasteiger partial charge in [0.2, 0.25) is 11.1 Å². The van der Waals surface area contributed by atoms with Crippen LogP contribution in [0.25, 0.3) is 0 Å². The van der Waals surface area contributed by atoms with E-state index in [0.29, 0.717) is 23.3 Å². The summed E-state index contributed by atoms with van der Waals surface area (Å²) in [6.07, 6.45) is 0. The molecule has 7 heteroatoms. The van der Waals surface area contributed by atoms with E-state index in [1.807, 2.05) is 31.2 Å². The number of aromatic nitrogens is 3. The number of nitrogens with one attached hydrogen (secondary N) is 1. The van der Waals surface area contributed by atoms with Gasteiger partial charge in [-0.1, -0.05) is 30.0 Å². The van der Waals surface area contributed by atoms with E-state index >= 15 is 0 Å². The number of nitrogens with zero attached hydrogens (tertiary/aromatic N) is 3. The van der Waals surface area contributed by atoms with E-state index in [4.69, 9.17) is 4.74 Å². The van der Waals surface area contributed by atoms with Crippen molar-refractivity contribution in [1.82, 2.24) is 20.1 Å². The van der Waals surface area contributed by atoms with Crippen LogP contribution in [0.1, 0.15) is 11.4 Å². The summed E-state index contributed by atoms with van der Waals surface area (Å²) in [6, 6.07) is 7.80. The van der Waals surface area contributed by atoms with E-state index in [1.165, 1.54) is 11.8 Å². The third-order valence-corrected chi connectivity index (χ3v) is 3.62. The lowest BCUT2D eigenvalue weighted by Crippen LogP contribution is -2.23. The first-order valence-electron chi connectivity index (χ1n) is 6.49. The van der Waals surface area contributed by atoms with Gasteiger partial charge in [0.1, 0.15) is 12.4 Å². The highest BCUT2D eigenvalue weighted by atomic mass is 32.2. The van der Waals surface area contributed by atoms with Gasteiger partial charge in [-0.3, -0.25) is 9.89 Å². The highest BCUT2D eigenvalue weighted by Gasteiger charge is 2.09. The predicted octanol–water partition coefficient (Wildman–Crippen LogP) is 1.87. The summed E-state index contributed by atoms with van der Waals surface area (Å²) >= 11 is 1.30. The first-order valence-corrected chi connectivity index (χ1v) is 7.47. The van der Waals surface area contributed by atoms with Gasteiger partial charge in [-0.05, 0) is 18.6 Å². The summed E-state index contributed by atoms with van der Waals surface area (Å²) in [7, 11) is 3.45. The molecule has 1 aromatic carbocycles. The number of para-hydroxylation sites is 1. The maximum absolute atomic E-state index is 11.5. The number of amides is 1. The van der Waals surface area contributed by atoms with Crippen molar-refractivity contribution in [2.24, 2.45) is 0 Å². The number of thioether (sulfide) groups is 1. The molecule has 1 N–H and O–H groups in total. The molecule has 2 rings (SSSR count). The standard InChI is InChI=1S/C14H18N4O2S/c1-10-6-4-5-7-11(10)20-8-12-15-14(17-16-12)21-9-13(19)18(2)3/h4-7H,8-9H2,1-3H3,(H,15,16,17). The fourth-order valence-electron chi connectivity index (χ4n) is 1.53. The van der Waals surface area contributed by atoms with Crippen molar-refractivity contribution in [2.45, 2.75) is 18.7 Å². The molecule has 0 bridgehead atoms. The van der Waals surface area contributed by atoms with E-state index in [1.54, 1.807) is 19.0 Å². The molecule has 1 aromatic heterocycles. The van der Waals surface area contributed by atoms with E-state index in [0.717, 1.165) is 11.3 Å². The van der Waals surface area contributed by atoms with Gasteiger partial charge in [-0.2, -0.15) is 0 Å². The Labute approximate surface area is 127 Å². The molecule has 2 aromatic rings. The minimum absolute atomic E-state index is 0.0301. The Morgan fingerprint density at radius 1 is 1.38 bits per heavy atom. The van der Waals surface area contributed by atoms with E-state index in [-0.39, 0.29) is 5.91 Å². The Balaban J connectivity index is 1.86. The molecule has 21 heavy (non-hydrogen) atoms. The zero-order valence-electron chi connectivity index (χ0n) is 12.3. The van der Waals surface area contributed by atoms with Crippen LogP contribution in [0, 0.1) is 6.92 Å². The fourth-order valence-corrected chi connectivity index (χ4v) is 2.32. The Bertz CT molecular complexity index is 613. The molecule has 0 spiro atoms. The van der Waals surface area contributed by atoms with Gasteiger partial charge < -0.3 is 9.64 Å². The monoisotopic (exact) mass is 306 g/mol. The number of aryl methyl sites for hydroxylation is 1. The molecule has 0 unspecified atom stereocenters. The largest absolute Gasteiger partial charge is 0.485 e. The van der Waals surface area contributed by atoms with Gasteiger partial charge in [0.25, 0.3) is 0 Å². The SMILES string of the molecule is Cc1ccccc1OCc1nc(SCC(=O)N(C)C)n[nH]1. The summed E-state index contributed by atoms with van der Waals surface area (Å²) in [5.41, 5.74) is 1.07. The molecule has 1 amide bonds. The van der Waals surface area contributed by atoms with Crippen molar-refractivity contribution in [3.63, 3.8) is 0 Å². The highest BCUT2D eigenvalue weighted by molar-refractivity contribution is 7.99. The number of rotatable bonds is 6. The lowest BCUT2D eigenvalue weighted by atomic mass is 10.2. The number of carbonyl (C=O) groups is 1. The number of H-pyrrole nitrogens is 1. The molecule has 0 radical (unpaired) electrons. The van der Waals surface area contributed by atoms with E-state index in [9.17, 15) is 4.79 Å². The van der Waals surface area contributed by atoms with Crippen LogP contribution in [-0.4, -0.2) is 45.8 Å². The molecular weight excluding hydrogens is 288 g/mol. The summed E-state index contributed by atoms with van der Waals surface area (Å²) in [6.45, 7) is 2.31. The number of benzene rings is 1. The Kier molecular flexibility index (Phi) is 5.21. The molecule has 0 saturated carbocycles. The van der Waals surface area contributed by atoms with Crippen LogP contribution in [0.5, 0.6) is 5.75 Å². The van der Waals surface area contributed by atoms with Crippen LogP contribution >= 0.6 is 11.8 Å². The molecular formula is C14H18N4O2S. The predicted molar refractivity (Wildman–Crippen MR) is 81.3 cm³/mol. The second-order valence-corrected chi connectivity index (χ2v) is 5.64. The zero-order chi connectivity index (χ0) is 15.2. The molecule has 0 aliphatic carbocycles. The fraction of sp³-hybridized carbons (Fsp3) is 0.357.